The van der Waals surface area contributed by atoms with E-state index in [1.54, 1.807) is 0 Å². The Balaban J connectivity index is 1.61. The minimum Gasteiger partial charge on any atom is -0.480 e. The number of benzene rings is 1. The number of rotatable bonds is 6. The number of amides is 2. The van der Waals surface area contributed by atoms with Crippen LogP contribution in [0.2, 0.25) is 0 Å². The fourth-order valence-corrected chi connectivity index (χ4v) is 5.24. The maximum absolute atomic E-state index is 13.0. The van der Waals surface area contributed by atoms with Gasteiger partial charge in [0.05, 0.1) is 11.1 Å². The second-order valence-electron chi connectivity index (χ2n) is 8.81. The van der Waals surface area contributed by atoms with Gasteiger partial charge in [0.1, 0.15) is 6.54 Å². The highest BCUT2D eigenvalue weighted by Gasteiger charge is 2.64. The molecule has 1 spiro atoms. The lowest BCUT2D eigenvalue weighted by atomic mass is 9.58. The van der Waals surface area contributed by atoms with E-state index >= 15 is 0 Å². The highest BCUT2D eigenvalue weighted by atomic mass is 16.4. The normalized spacial score (nSPS) is 30.7. The monoisotopic (exact) mass is 371 g/mol. The molecule has 6 heteroatoms. The Morgan fingerprint density at radius 3 is 2.41 bits per heavy atom. The molecule has 1 aromatic carbocycles. The SMILES string of the molecule is CN(C)[C@]1(c2ccccc2)C[C@]2(CN(CC(=O)O)C(=O)N2CC2CCC2)C1. The van der Waals surface area contributed by atoms with Crippen molar-refractivity contribution in [1.82, 2.24) is 14.7 Å². The topological polar surface area (TPSA) is 64.1 Å². The Bertz CT molecular complexity index is 723. The number of aliphatic carboxylic acids is 1. The fourth-order valence-electron chi connectivity index (χ4n) is 5.24. The van der Waals surface area contributed by atoms with Gasteiger partial charge in [-0.05, 0) is 51.3 Å². The average Bonchev–Trinajstić information content (AvgIpc) is 2.81. The van der Waals surface area contributed by atoms with E-state index in [1.165, 1.54) is 29.7 Å². The third-order valence-electron chi connectivity index (χ3n) is 6.96. The number of hydrogen-bond donors (Lipinski definition) is 1. The second-order valence-corrected chi connectivity index (χ2v) is 8.81. The largest absolute Gasteiger partial charge is 0.480 e. The Kier molecular flexibility index (Phi) is 4.41. The van der Waals surface area contributed by atoms with Crippen molar-refractivity contribution >= 4 is 12.0 Å². The molecule has 146 valence electrons. The van der Waals surface area contributed by atoms with Gasteiger partial charge in [-0.25, -0.2) is 4.79 Å². The number of carboxylic acids is 1. The van der Waals surface area contributed by atoms with Crippen LogP contribution < -0.4 is 0 Å². The van der Waals surface area contributed by atoms with Crippen molar-refractivity contribution in [2.45, 2.75) is 43.2 Å². The summed E-state index contributed by atoms with van der Waals surface area (Å²) in [5, 5.41) is 9.23. The summed E-state index contributed by atoms with van der Waals surface area (Å²) in [7, 11) is 4.20. The predicted molar refractivity (Wildman–Crippen MR) is 102 cm³/mol. The summed E-state index contributed by atoms with van der Waals surface area (Å²) in [5.41, 5.74) is 0.925. The van der Waals surface area contributed by atoms with Crippen molar-refractivity contribution in [1.29, 1.82) is 0 Å². The average molecular weight is 371 g/mol. The number of carbonyl (C=O) groups is 2. The van der Waals surface area contributed by atoms with E-state index in [4.69, 9.17) is 0 Å². The molecular formula is C21H29N3O3. The van der Waals surface area contributed by atoms with Crippen molar-refractivity contribution in [3.63, 3.8) is 0 Å². The summed E-state index contributed by atoms with van der Waals surface area (Å²) in [6, 6.07) is 10.4. The number of carboxylic acid groups (broad SMARTS) is 1. The van der Waals surface area contributed by atoms with Crippen molar-refractivity contribution in [3.05, 3.63) is 35.9 Å². The van der Waals surface area contributed by atoms with Crippen LogP contribution in [0.15, 0.2) is 30.3 Å². The quantitative estimate of drug-likeness (QED) is 0.835. The fraction of sp³-hybridized carbons (Fsp3) is 0.619. The lowest BCUT2D eigenvalue weighted by Gasteiger charge is -2.61. The van der Waals surface area contributed by atoms with Crippen LogP contribution >= 0.6 is 0 Å². The maximum atomic E-state index is 13.0. The van der Waals surface area contributed by atoms with Gasteiger partial charge in [0.2, 0.25) is 0 Å². The van der Waals surface area contributed by atoms with Crippen molar-refractivity contribution in [2.24, 2.45) is 5.92 Å². The van der Waals surface area contributed by atoms with Crippen molar-refractivity contribution < 1.29 is 14.7 Å². The first-order valence-electron chi connectivity index (χ1n) is 9.88. The molecule has 0 unspecified atom stereocenters. The molecule has 3 aliphatic rings. The van der Waals surface area contributed by atoms with Gasteiger partial charge in [-0.3, -0.25) is 9.69 Å². The zero-order valence-corrected chi connectivity index (χ0v) is 16.2. The summed E-state index contributed by atoms with van der Waals surface area (Å²) >= 11 is 0. The molecule has 0 bridgehead atoms. The van der Waals surface area contributed by atoms with Gasteiger partial charge in [0.25, 0.3) is 0 Å². The summed E-state index contributed by atoms with van der Waals surface area (Å²) in [6.45, 7) is 1.09. The number of nitrogens with zero attached hydrogens (tertiary/aromatic N) is 3. The van der Waals surface area contributed by atoms with Gasteiger partial charge in [-0.15, -0.1) is 0 Å². The van der Waals surface area contributed by atoms with Crippen LogP contribution in [-0.2, 0) is 10.3 Å². The smallest absolute Gasteiger partial charge is 0.323 e. The van der Waals surface area contributed by atoms with Gasteiger partial charge >= 0.3 is 12.0 Å². The van der Waals surface area contributed by atoms with Crippen LogP contribution in [-0.4, -0.2) is 71.1 Å². The highest BCUT2D eigenvalue weighted by Crippen LogP contribution is 2.57. The first kappa shape index (κ1) is 18.3. The molecule has 1 heterocycles. The summed E-state index contributed by atoms with van der Waals surface area (Å²) < 4.78 is 0. The van der Waals surface area contributed by atoms with E-state index in [0.29, 0.717) is 12.5 Å². The zero-order chi connectivity index (χ0) is 19.2. The van der Waals surface area contributed by atoms with E-state index in [2.05, 4.69) is 43.3 Å². The second kappa shape index (κ2) is 6.51. The van der Waals surface area contributed by atoms with E-state index in [1.807, 2.05) is 11.0 Å². The highest BCUT2D eigenvalue weighted by molar-refractivity contribution is 5.83. The van der Waals surface area contributed by atoms with Gasteiger partial charge < -0.3 is 14.9 Å². The first-order chi connectivity index (χ1) is 12.9. The van der Waals surface area contributed by atoms with Crippen molar-refractivity contribution in [2.75, 3.05) is 33.7 Å². The minimum absolute atomic E-state index is 0.0929. The summed E-state index contributed by atoms with van der Waals surface area (Å²) in [5.74, 6) is -0.369. The van der Waals surface area contributed by atoms with Crippen LogP contribution in [0, 0.1) is 5.92 Å². The van der Waals surface area contributed by atoms with Crippen LogP contribution in [0.5, 0.6) is 0 Å². The van der Waals surface area contributed by atoms with Crippen LogP contribution in [0.4, 0.5) is 4.79 Å². The minimum atomic E-state index is -0.940. The molecule has 2 saturated carbocycles. The Morgan fingerprint density at radius 1 is 1.22 bits per heavy atom. The molecule has 6 nitrogen and oxygen atoms in total. The van der Waals surface area contributed by atoms with E-state index < -0.39 is 5.97 Å². The van der Waals surface area contributed by atoms with E-state index in [0.717, 1.165) is 19.4 Å². The van der Waals surface area contributed by atoms with Crippen LogP contribution in [0.1, 0.15) is 37.7 Å². The molecule has 2 amide bonds. The third-order valence-corrected chi connectivity index (χ3v) is 6.96. The Hall–Kier alpha value is -2.08. The first-order valence-corrected chi connectivity index (χ1v) is 9.88. The number of urea groups is 1. The molecular weight excluding hydrogens is 342 g/mol. The third kappa shape index (κ3) is 2.90. The van der Waals surface area contributed by atoms with Gasteiger partial charge in [-0.2, -0.15) is 0 Å². The summed E-state index contributed by atoms with van der Waals surface area (Å²) in [6.07, 6.45) is 5.30. The maximum Gasteiger partial charge on any atom is 0.323 e. The molecule has 1 saturated heterocycles. The lowest BCUT2D eigenvalue weighted by molar-refractivity contribution is -0.137. The van der Waals surface area contributed by atoms with Crippen molar-refractivity contribution in [3.8, 4) is 0 Å². The summed E-state index contributed by atoms with van der Waals surface area (Å²) in [4.78, 5) is 30.1. The van der Waals surface area contributed by atoms with Gasteiger partial charge in [0, 0.05) is 13.1 Å². The number of hydrogen-bond acceptors (Lipinski definition) is 3. The van der Waals surface area contributed by atoms with Crippen LogP contribution in [0.3, 0.4) is 0 Å². The van der Waals surface area contributed by atoms with Gasteiger partial charge in [0.15, 0.2) is 0 Å². The molecule has 2 aliphatic carbocycles. The lowest BCUT2D eigenvalue weighted by Crippen LogP contribution is -2.68. The van der Waals surface area contributed by atoms with E-state index in [9.17, 15) is 14.7 Å². The molecule has 4 rings (SSSR count). The molecule has 0 atom stereocenters. The Labute approximate surface area is 160 Å². The molecule has 1 aliphatic heterocycles. The van der Waals surface area contributed by atoms with Crippen LogP contribution in [0.25, 0.3) is 0 Å². The molecule has 0 radical (unpaired) electrons. The molecule has 1 N–H and O–H groups in total. The predicted octanol–water partition coefficient (Wildman–Crippen LogP) is 2.60. The molecule has 27 heavy (non-hydrogen) atoms. The molecule has 0 aromatic heterocycles. The standard InChI is InChI=1S/C21H29N3O3/c1-22(2)21(17-9-4-3-5-10-17)13-20(14-21)15-23(12-18(25)26)19(27)24(20)11-16-7-6-8-16/h3-5,9-10,16H,6-8,11-15H2,1-2H3,(H,25,26)/t20-,21-. The molecule has 3 fully saturated rings. The van der Waals surface area contributed by atoms with E-state index in [-0.39, 0.29) is 23.7 Å². The molecule has 1 aromatic rings. The van der Waals surface area contributed by atoms with Gasteiger partial charge in [-0.1, -0.05) is 36.8 Å². The Morgan fingerprint density at radius 2 is 1.89 bits per heavy atom. The number of carbonyl (C=O) groups excluding carboxylic acids is 1. The zero-order valence-electron chi connectivity index (χ0n) is 16.2.